The molecule has 0 saturated carbocycles. The highest BCUT2D eigenvalue weighted by Crippen LogP contribution is 2.37. The maximum absolute atomic E-state index is 12.8. The van der Waals surface area contributed by atoms with Gasteiger partial charge in [-0.05, 0) is 36.4 Å². The molecule has 0 spiro atoms. The van der Waals surface area contributed by atoms with E-state index in [1.807, 2.05) is 6.07 Å². The molecule has 0 heterocycles. The second-order valence-electron chi connectivity index (χ2n) is 4.12. The third-order valence-corrected chi connectivity index (χ3v) is 3.58. The molecule has 0 unspecified atom stereocenters. The minimum absolute atomic E-state index is 0.0489. The number of hydrogen-bond donors (Lipinski definition) is 1. The van der Waals surface area contributed by atoms with Crippen molar-refractivity contribution in [2.24, 2.45) is 0 Å². The number of anilines is 2. The van der Waals surface area contributed by atoms with Crippen LogP contribution in [0.3, 0.4) is 0 Å². The summed E-state index contributed by atoms with van der Waals surface area (Å²) in [7, 11) is 0. The zero-order valence-electron chi connectivity index (χ0n) is 10.3. The standard InChI is InChI=1S/C14H7BrClF3N2/c15-12-4-3-10(6-11(12)14(17,18)19)21-13-5-9(16)2-1-8(13)7-20/h1-6,21H. The van der Waals surface area contributed by atoms with Crippen molar-refractivity contribution in [3.8, 4) is 6.07 Å². The number of rotatable bonds is 2. The molecule has 0 aliphatic heterocycles. The molecule has 108 valence electrons. The highest BCUT2D eigenvalue weighted by molar-refractivity contribution is 9.10. The number of halogens is 5. The average Bonchev–Trinajstić information content (AvgIpc) is 2.40. The molecule has 2 aromatic carbocycles. The van der Waals surface area contributed by atoms with Crippen LogP contribution in [0.25, 0.3) is 0 Å². The summed E-state index contributed by atoms with van der Waals surface area (Å²) in [5, 5.41) is 12.2. The van der Waals surface area contributed by atoms with E-state index in [-0.39, 0.29) is 15.7 Å². The molecular weight excluding hydrogens is 369 g/mol. The van der Waals surface area contributed by atoms with Gasteiger partial charge in [-0.25, -0.2) is 0 Å². The Balaban J connectivity index is 2.42. The molecule has 0 amide bonds. The van der Waals surface area contributed by atoms with Gasteiger partial charge in [0.2, 0.25) is 0 Å². The van der Waals surface area contributed by atoms with E-state index >= 15 is 0 Å². The Labute approximate surface area is 132 Å². The molecule has 1 N–H and O–H groups in total. The maximum atomic E-state index is 12.8. The Morgan fingerprint density at radius 1 is 1.14 bits per heavy atom. The third-order valence-electron chi connectivity index (χ3n) is 2.65. The second kappa shape index (κ2) is 5.96. The summed E-state index contributed by atoms with van der Waals surface area (Å²) < 4.78 is 38.5. The first-order valence-corrected chi connectivity index (χ1v) is 6.82. The van der Waals surface area contributed by atoms with E-state index in [9.17, 15) is 13.2 Å². The van der Waals surface area contributed by atoms with Crippen LogP contribution in [0.1, 0.15) is 11.1 Å². The quantitative estimate of drug-likeness (QED) is 0.727. The Morgan fingerprint density at radius 3 is 2.48 bits per heavy atom. The SMILES string of the molecule is N#Cc1ccc(Cl)cc1Nc1ccc(Br)c(C(F)(F)F)c1. The number of nitriles is 1. The number of nitrogens with zero attached hydrogens (tertiary/aromatic N) is 1. The van der Waals surface area contributed by atoms with Crippen molar-refractivity contribution >= 4 is 38.9 Å². The highest BCUT2D eigenvalue weighted by atomic mass is 79.9. The Bertz CT molecular complexity index is 723. The fraction of sp³-hybridized carbons (Fsp3) is 0.0714. The van der Waals surface area contributed by atoms with Gasteiger partial charge in [-0.3, -0.25) is 0 Å². The van der Waals surface area contributed by atoms with Crippen molar-refractivity contribution in [1.82, 2.24) is 0 Å². The van der Waals surface area contributed by atoms with Crippen LogP contribution < -0.4 is 5.32 Å². The van der Waals surface area contributed by atoms with E-state index in [1.165, 1.54) is 30.3 Å². The van der Waals surface area contributed by atoms with Gasteiger partial charge in [0.25, 0.3) is 0 Å². The molecular formula is C14H7BrClF3N2. The first kappa shape index (κ1) is 15.7. The summed E-state index contributed by atoms with van der Waals surface area (Å²) in [5.41, 5.74) is 0.0497. The van der Waals surface area contributed by atoms with E-state index < -0.39 is 11.7 Å². The molecule has 0 aliphatic carbocycles. The molecule has 2 nitrogen and oxygen atoms in total. The number of benzene rings is 2. The van der Waals surface area contributed by atoms with Crippen LogP contribution in [0, 0.1) is 11.3 Å². The molecule has 7 heteroatoms. The predicted octanol–water partition coefficient (Wildman–Crippen LogP) is 5.74. The van der Waals surface area contributed by atoms with Crippen molar-refractivity contribution in [3.05, 3.63) is 57.0 Å². The van der Waals surface area contributed by atoms with Gasteiger partial charge in [-0.1, -0.05) is 27.5 Å². The van der Waals surface area contributed by atoms with Gasteiger partial charge in [0.1, 0.15) is 6.07 Å². The van der Waals surface area contributed by atoms with E-state index in [4.69, 9.17) is 16.9 Å². The largest absolute Gasteiger partial charge is 0.417 e. The lowest BCUT2D eigenvalue weighted by atomic mass is 10.1. The summed E-state index contributed by atoms with van der Waals surface area (Å²) in [5.74, 6) is 0. The summed E-state index contributed by atoms with van der Waals surface area (Å²) >= 11 is 8.70. The topological polar surface area (TPSA) is 35.8 Å². The molecule has 0 fully saturated rings. The Kier molecular flexibility index (Phi) is 4.45. The fourth-order valence-corrected chi connectivity index (χ4v) is 2.34. The zero-order chi connectivity index (χ0) is 15.6. The molecule has 2 aromatic rings. The van der Waals surface area contributed by atoms with Crippen LogP contribution in [-0.4, -0.2) is 0 Å². The van der Waals surface area contributed by atoms with Gasteiger partial charge in [-0.2, -0.15) is 18.4 Å². The molecule has 0 atom stereocenters. The van der Waals surface area contributed by atoms with Crippen molar-refractivity contribution in [3.63, 3.8) is 0 Å². The number of nitrogens with one attached hydrogen (secondary N) is 1. The first-order chi connectivity index (χ1) is 9.81. The van der Waals surface area contributed by atoms with Gasteiger partial charge >= 0.3 is 6.18 Å². The average molecular weight is 376 g/mol. The van der Waals surface area contributed by atoms with Crippen molar-refractivity contribution in [2.45, 2.75) is 6.18 Å². The van der Waals surface area contributed by atoms with Gasteiger partial charge in [-0.15, -0.1) is 0 Å². The van der Waals surface area contributed by atoms with Crippen LogP contribution in [0.4, 0.5) is 24.5 Å². The molecule has 0 aliphatic rings. The molecule has 21 heavy (non-hydrogen) atoms. The van der Waals surface area contributed by atoms with Crippen molar-refractivity contribution in [1.29, 1.82) is 5.26 Å². The fourth-order valence-electron chi connectivity index (χ4n) is 1.69. The van der Waals surface area contributed by atoms with Crippen molar-refractivity contribution < 1.29 is 13.2 Å². The highest BCUT2D eigenvalue weighted by Gasteiger charge is 2.33. The molecule has 0 radical (unpaired) electrons. The normalized spacial score (nSPS) is 11.0. The van der Waals surface area contributed by atoms with Crippen molar-refractivity contribution in [2.75, 3.05) is 5.32 Å². The van der Waals surface area contributed by atoms with Crippen LogP contribution in [-0.2, 0) is 6.18 Å². The van der Waals surface area contributed by atoms with E-state index in [2.05, 4.69) is 21.2 Å². The minimum Gasteiger partial charge on any atom is -0.354 e. The Morgan fingerprint density at radius 2 is 1.86 bits per heavy atom. The van der Waals surface area contributed by atoms with Crippen LogP contribution in [0.5, 0.6) is 0 Å². The number of alkyl halides is 3. The minimum atomic E-state index is -4.47. The summed E-state index contributed by atoms with van der Waals surface area (Å²) in [6.45, 7) is 0. The molecule has 0 saturated heterocycles. The molecule has 0 aromatic heterocycles. The van der Waals surface area contributed by atoms with E-state index in [0.717, 1.165) is 6.07 Å². The van der Waals surface area contributed by atoms with Gasteiger partial charge in [0.05, 0.1) is 16.8 Å². The van der Waals surface area contributed by atoms with Gasteiger partial charge < -0.3 is 5.32 Å². The lowest BCUT2D eigenvalue weighted by Crippen LogP contribution is -2.06. The third kappa shape index (κ3) is 3.69. The zero-order valence-corrected chi connectivity index (χ0v) is 12.6. The monoisotopic (exact) mass is 374 g/mol. The predicted molar refractivity (Wildman–Crippen MR) is 78.6 cm³/mol. The second-order valence-corrected chi connectivity index (χ2v) is 5.41. The summed E-state index contributed by atoms with van der Waals surface area (Å²) in [6, 6.07) is 10.2. The van der Waals surface area contributed by atoms with Crippen LogP contribution in [0.2, 0.25) is 5.02 Å². The number of hydrogen-bond acceptors (Lipinski definition) is 2. The van der Waals surface area contributed by atoms with E-state index in [1.54, 1.807) is 0 Å². The summed E-state index contributed by atoms with van der Waals surface area (Å²) in [4.78, 5) is 0. The Hall–Kier alpha value is -1.71. The van der Waals surface area contributed by atoms with Gasteiger partial charge in [0.15, 0.2) is 0 Å². The summed E-state index contributed by atoms with van der Waals surface area (Å²) in [6.07, 6.45) is -4.47. The first-order valence-electron chi connectivity index (χ1n) is 5.64. The van der Waals surface area contributed by atoms with Gasteiger partial charge in [0, 0.05) is 15.2 Å². The van der Waals surface area contributed by atoms with Crippen LogP contribution in [0.15, 0.2) is 40.9 Å². The van der Waals surface area contributed by atoms with Crippen LogP contribution >= 0.6 is 27.5 Å². The smallest absolute Gasteiger partial charge is 0.354 e. The lowest BCUT2D eigenvalue weighted by Gasteiger charge is -2.13. The van der Waals surface area contributed by atoms with E-state index in [0.29, 0.717) is 10.7 Å². The maximum Gasteiger partial charge on any atom is 0.417 e. The molecule has 2 rings (SSSR count). The molecule has 0 bridgehead atoms. The lowest BCUT2D eigenvalue weighted by molar-refractivity contribution is -0.138.